The average Bonchev–Trinajstić information content (AvgIpc) is 3.09. The van der Waals surface area contributed by atoms with Gasteiger partial charge in [-0.05, 0) is 19.1 Å². The summed E-state index contributed by atoms with van der Waals surface area (Å²) in [5, 5.41) is 8.03. The molecule has 0 amide bonds. The van der Waals surface area contributed by atoms with Crippen molar-refractivity contribution in [1.82, 2.24) is 15.1 Å². The van der Waals surface area contributed by atoms with Gasteiger partial charge in [-0.25, -0.2) is 0 Å². The molecule has 2 N–H and O–H groups in total. The van der Waals surface area contributed by atoms with Crippen molar-refractivity contribution < 1.29 is 13.6 Å². The van der Waals surface area contributed by atoms with Crippen molar-refractivity contribution in [2.24, 2.45) is 5.73 Å². The van der Waals surface area contributed by atoms with Gasteiger partial charge in [0.05, 0.1) is 25.5 Å². The Balaban J connectivity index is 1.63. The first-order chi connectivity index (χ1) is 9.72. The summed E-state index contributed by atoms with van der Waals surface area (Å²) in [4.78, 5) is 2.21. The molecule has 2 unspecified atom stereocenters. The molecular weight excluding hydrogens is 260 g/mol. The Bertz CT molecular complexity index is 538. The maximum absolute atomic E-state index is 5.88. The first-order valence-electron chi connectivity index (χ1n) is 6.68. The van der Waals surface area contributed by atoms with Crippen molar-refractivity contribution in [2.75, 3.05) is 19.7 Å². The van der Waals surface area contributed by atoms with E-state index in [1.54, 1.807) is 18.4 Å². The van der Waals surface area contributed by atoms with E-state index in [4.69, 9.17) is 19.3 Å². The molecule has 3 rings (SSSR count). The van der Waals surface area contributed by atoms with Crippen molar-refractivity contribution in [3.8, 4) is 11.7 Å². The molecule has 2 aromatic heterocycles. The largest absolute Gasteiger partial charge is 0.459 e. The predicted molar refractivity (Wildman–Crippen MR) is 70.7 cm³/mol. The summed E-state index contributed by atoms with van der Waals surface area (Å²) in [5.74, 6) is 1.56. The number of furan rings is 1. The molecule has 3 heterocycles. The van der Waals surface area contributed by atoms with Gasteiger partial charge in [-0.15, -0.1) is 10.2 Å². The Labute approximate surface area is 116 Å². The molecule has 1 saturated heterocycles. The molecular formula is C13H18N4O3. The normalized spacial score (nSPS) is 22.0. The Hall–Kier alpha value is -1.70. The highest BCUT2D eigenvalue weighted by Crippen LogP contribution is 2.19. The van der Waals surface area contributed by atoms with E-state index in [2.05, 4.69) is 15.1 Å². The van der Waals surface area contributed by atoms with Crippen LogP contribution in [0.5, 0.6) is 0 Å². The van der Waals surface area contributed by atoms with E-state index in [1.165, 1.54) is 0 Å². The van der Waals surface area contributed by atoms with Gasteiger partial charge in [0.25, 0.3) is 5.89 Å². The second-order valence-electron chi connectivity index (χ2n) is 4.98. The molecule has 2 aromatic rings. The van der Waals surface area contributed by atoms with Crippen molar-refractivity contribution in [1.29, 1.82) is 0 Å². The summed E-state index contributed by atoms with van der Waals surface area (Å²) in [5.41, 5.74) is 5.88. The third kappa shape index (κ3) is 2.90. The lowest BCUT2D eigenvalue weighted by molar-refractivity contribution is -0.0423. The van der Waals surface area contributed by atoms with Crippen molar-refractivity contribution >= 4 is 0 Å². The molecule has 1 aliphatic rings. The molecule has 0 aliphatic carbocycles. The van der Waals surface area contributed by atoms with Gasteiger partial charge in [0.15, 0.2) is 5.76 Å². The molecule has 0 saturated carbocycles. The average molecular weight is 278 g/mol. The fraction of sp³-hybridized carbons (Fsp3) is 0.538. The van der Waals surface area contributed by atoms with Crippen LogP contribution in [0, 0.1) is 0 Å². The summed E-state index contributed by atoms with van der Waals surface area (Å²) >= 11 is 0. The number of ether oxygens (including phenoxy) is 1. The molecule has 1 aliphatic heterocycles. The lowest BCUT2D eigenvalue weighted by Crippen LogP contribution is -2.49. The zero-order valence-electron chi connectivity index (χ0n) is 11.4. The van der Waals surface area contributed by atoms with Crippen LogP contribution in [0.15, 0.2) is 27.2 Å². The number of nitrogens with two attached hydrogens (primary N) is 1. The second-order valence-corrected chi connectivity index (χ2v) is 4.98. The van der Waals surface area contributed by atoms with E-state index >= 15 is 0 Å². The fourth-order valence-electron chi connectivity index (χ4n) is 2.20. The number of rotatable bonds is 4. The number of aromatic nitrogens is 2. The lowest BCUT2D eigenvalue weighted by atomic mass is 10.1. The van der Waals surface area contributed by atoms with Crippen LogP contribution in [0.4, 0.5) is 0 Å². The summed E-state index contributed by atoms with van der Waals surface area (Å²) in [6.45, 7) is 4.83. The minimum Gasteiger partial charge on any atom is -0.459 e. The molecule has 7 heteroatoms. The topological polar surface area (TPSA) is 90.6 Å². The Morgan fingerprint density at radius 1 is 1.50 bits per heavy atom. The minimum absolute atomic E-state index is 0.0131. The summed E-state index contributed by atoms with van der Waals surface area (Å²) in [6.07, 6.45) is 1.63. The quantitative estimate of drug-likeness (QED) is 0.887. The van der Waals surface area contributed by atoms with Crippen LogP contribution in [0.25, 0.3) is 11.7 Å². The first-order valence-corrected chi connectivity index (χ1v) is 6.68. The molecule has 108 valence electrons. The van der Waals surface area contributed by atoms with Gasteiger partial charge >= 0.3 is 0 Å². The molecule has 0 radical (unpaired) electrons. The standard InChI is InChI=1S/C13H18N4O3/c1-9(14)11-7-17(4-6-19-11)8-12-15-16-13(20-12)10-3-2-5-18-10/h2-3,5,9,11H,4,6-8,14H2,1H3. The van der Waals surface area contributed by atoms with E-state index in [-0.39, 0.29) is 12.1 Å². The summed E-state index contributed by atoms with van der Waals surface area (Å²) in [6, 6.07) is 3.59. The highest BCUT2D eigenvalue weighted by atomic mass is 16.5. The lowest BCUT2D eigenvalue weighted by Gasteiger charge is -2.33. The molecule has 0 spiro atoms. The number of hydrogen-bond donors (Lipinski definition) is 1. The minimum atomic E-state index is 0.0131. The summed E-state index contributed by atoms with van der Waals surface area (Å²) < 4.78 is 16.4. The maximum atomic E-state index is 5.88. The Kier molecular flexibility index (Phi) is 3.81. The molecule has 2 atom stereocenters. The first kappa shape index (κ1) is 13.3. The second kappa shape index (κ2) is 5.74. The molecule has 0 aromatic carbocycles. The monoisotopic (exact) mass is 278 g/mol. The molecule has 7 nitrogen and oxygen atoms in total. The third-order valence-electron chi connectivity index (χ3n) is 3.32. The zero-order valence-corrected chi connectivity index (χ0v) is 11.4. The molecule has 20 heavy (non-hydrogen) atoms. The van der Waals surface area contributed by atoms with Crippen LogP contribution in [0.1, 0.15) is 12.8 Å². The van der Waals surface area contributed by atoms with E-state index in [0.29, 0.717) is 30.7 Å². The van der Waals surface area contributed by atoms with Gasteiger partial charge in [-0.1, -0.05) is 0 Å². The van der Waals surface area contributed by atoms with Gasteiger partial charge in [0.1, 0.15) is 0 Å². The van der Waals surface area contributed by atoms with Gasteiger partial charge in [-0.3, -0.25) is 4.90 Å². The van der Waals surface area contributed by atoms with Crippen molar-refractivity contribution in [2.45, 2.75) is 25.6 Å². The van der Waals surface area contributed by atoms with Crippen LogP contribution in [0.2, 0.25) is 0 Å². The number of hydrogen-bond acceptors (Lipinski definition) is 7. The SMILES string of the molecule is CC(N)C1CN(Cc2nnc(-c3ccco3)o2)CCO1. The van der Waals surface area contributed by atoms with E-state index in [0.717, 1.165) is 13.1 Å². The predicted octanol–water partition coefficient (Wildman–Crippen LogP) is 0.878. The van der Waals surface area contributed by atoms with Crippen molar-refractivity contribution in [3.05, 3.63) is 24.3 Å². The highest BCUT2D eigenvalue weighted by Gasteiger charge is 2.24. The zero-order chi connectivity index (χ0) is 13.9. The fourth-order valence-corrected chi connectivity index (χ4v) is 2.20. The Morgan fingerprint density at radius 3 is 3.15 bits per heavy atom. The Morgan fingerprint density at radius 2 is 2.40 bits per heavy atom. The molecule has 0 bridgehead atoms. The van der Waals surface area contributed by atoms with Gasteiger partial charge in [-0.2, -0.15) is 0 Å². The third-order valence-corrected chi connectivity index (χ3v) is 3.32. The summed E-state index contributed by atoms with van der Waals surface area (Å²) in [7, 11) is 0. The van der Waals surface area contributed by atoms with Crippen LogP contribution in [-0.4, -0.2) is 46.9 Å². The number of morpholine rings is 1. The maximum Gasteiger partial charge on any atom is 0.283 e. The van der Waals surface area contributed by atoms with Crippen LogP contribution >= 0.6 is 0 Å². The van der Waals surface area contributed by atoms with Crippen LogP contribution in [0.3, 0.4) is 0 Å². The van der Waals surface area contributed by atoms with Crippen molar-refractivity contribution in [3.63, 3.8) is 0 Å². The van der Waals surface area contributed by atoms with E-state index < -0.39 is 0 Å². The van der Waals surface area contributed by atoms with Gasteiger partial charge in [0, 0.05) is 19.1 Å². The molecule has 1 fully saturated rings. The van der Waals surface area contributed by atoms with Gasteiger partial charge < -0.3 is 19.3 Å². The highest BCUT2D eigenvalue weighted by molar-refractivity contribution is 5.42. The van der Waals surface area contributed by atoms with Gasteiger partial charge in [0.2, 0.25) is 5.89 Å². The number of nitrogens with zero attached hydrogens (tertiary/aromatic N) is 3. The van der Waals surface area contributed by atoms with Crippen LogP contribution < -0.4 is 5.73 Å². The van der Waals surface area contributed by atoms with Crippen LogP contribution in [-0.2, 0) is 11.3 Å². The smallest absolute Gasteiger partial charge is 0.283 e. The van der Waals surface area contributed by atoms with E-state index in [9.17, 15) is 0 Å². The van der Waals surface area contributed by atoms with E-state index in [1.807, 2.05) is 6.92 Å².